The van der Waals surface area contributed by atoms with Crippen LogP contribution >= 0.6 is 35.0 Å². The molecular weight excluding hydrogens is 415 g/mol. The molecule has 1 saturated carbocycles. The van der Waals surface area contributed by atoms with Crippen LogP contribution in [0, 0.1) is 6.92 Å². The summed E-state index contributed by atoms with van der Waals surface area (Å²) >= 11 is 14.2. The Balaban J connectivity index is 1.57. The quantitative estimate of drug-likeness (QED) is 0.684. The molecule has 2 aromatic rings. The van der Waals surface area contributed by atoms with Gasteiger partial charge in [-0.3, -0.25) is 9.79 Å². The van der Waals surface area contributed by atoms with Gasteiger partial charge >= 0.3 is 0 Å². The molecule has 1 aromatic heterocycles. The Hall–Kier alpha value is -1.76. The van der Waals surface area contributed by atoms with Crippen molar-refractivity contribution in [3.63, 3.8) is 0 Å². The van der Waals surface area contributed by atoms with Gasteiger partial charge in [0.25, 0.3) is 5.91 Å². The molecule has 0 unspecified atom stereocenters. The first kappa shape index (κ1) is 19.6. The number of hydrogen-bond acceptors (Lipinski definition) is 4. The summed E-state index contributed by atoms with van der Waals surface area (Å²) in [6, 6.07) is 7.93. The standard InChI is InChI=1S/C20H20Cl2N4OS/c1-12-15(18(22)26(25-12)11-13-6-2-5-9-16(13)21)10-17-19(27)24-20(28-17)23-14-7-3-4-8-14/h2,5-6,9-10,14H,3-4,7-8,11H2,1H3,(H,23,24,27)/b17-10-. The molecule has 0 spiro atoms. The molecule has 0 bridgehead atoms. The highest BCUT2D eigenvalue weighted by molar-refractivity contribution is 8.18. The third-order valence-corrected chi connectivity index (χ3v) is 6.63. The Morgan fingerprint density at radius 2 is 2.07 bits per heavy atom. The molecule has 146 valence electrons. The Labute approximate surface area is 178 Å². The SMILES string of the molecule is Cc1nn(Cc2ccccc2Cl)c(Cl)c1/C=C1\SC(=NC2CCCC2)NC1=O. The molecule has 28 heavy (non-hydrogen) atoms. The Morgan fingerprint density at radius 1 is 1.32 bits per heavy atom. The summed E-state index contributed by atoms with van der Waals surface area (Å²) in [7, 11) is 0. The minimum absolute atomic E-state index is 0.143. The highest BCUT2D eigenvalue weighted by Crippen LogP contribution is 2.32. The zero-order valence-electron chi connectivity index (χ0n) is 15.4. The molecule has 4 rings (SSSR count). The van der Waals surface area contributed by atoms with E-state index in [0.717, 1.165) is 29.7 Å². The van der Waals surface area contributed by atoms with Crippen molar-refractivity contribution in [2.24, 2.45) is 4.99 Å². The second kappa shape index (κ2) is 8.31. The lowest BCUT2D eigenvalue weighted by atomic mass is 10.2. The zero-order chi connectivity index (χ0) is 19.7. The monoisotopic (exact) mass is 434 g/mol. The highest BCUT2D eigenvalue weighted by atomic mass is 35.5. The van der Waals surface area contributed by atoms with Crippen molar-refractivity contribution in [3.05, 3.63) is 56.2 Å². The van der Waals surface area contributed by atoms with Crippen molar-refractivity contribution < 1.29 is 4.79 Å². The normalized spacial score (nSPS) is 20.5. The first-order valence-corrected chi connectivity index (χ1v) is 10.8. The molecule has 1 aliphatic heterocycles. The van der Waals surface area contributed by atoms with Gasteiger partial charge in [0.1, 0.15) is 5.15 Å². The summed E-state index contributed by atoms with van der Waals surface area (Å²) < 4.78 is 1.70. The summed E-state index contributed by atoms with van der Waals surface area (Å²) in [6.07, 6.45) is 6.41. The average Bonchev–Trinajstić information content (AvgIpc) is 3.35. The molecule has 1 amide bonds. The van der Waals surface area contributed by atoms with Crippen LogP contribution in [0.2, 0.25) is 10.2 Å². The molecule has 2 heterocycles. The minimum Gasteiger partial charge on any atom is -0.301 e. The van der Waals surface area contributed by atoms with Gasteiger partial charge in [-0.15, -0.1) is 0 Å². The van der Waals surface area contributed by atoms with E-state index in [0.29, 0.717) is 32.8 Å². The summed E-state index contributed by atoms with van der Waals surface area (Å²) in [5.41, 5.74) is 2.44. The number of carbonyl (C=O) groups excluding carboxylic acids is 1. The van der Waals surface area contributed by atoms with Crippen LogP contribution in [0.3, 0.4) is 0 Å². The van der Waals surface area contributed by atoms with E-state index in [1.807, 2.05) is 31.2 Å². The van der Waals surface area contributed by atoms with Gasteiger partial charge in [-0.25, -0.2) is 4.68 Å². The summed E-state index contributed by atoms with van der Waals surface area (Å²) in [5, 5.41) is 9.23. The molecule has 2 fully saturated rings. The summed E-state index contributed by atoms with van der Waals surface area (Å²) in [6.45, 7) is 2.35. The molecule has 5 nitrogen and oxygen atoms in total. The van der Waals surface area contributed by atoms with Crippen LogP contribution < -0.4 is 5.32 Å². The van der Waals surface area contributed by atoms with Crippen molar-refractivity contribution in [3.8, 4) is 0 Å². The van der Waals surface area contributed by atoms with E-state index in [-0.39, 0.29) is 5.91 Å². The number of rotatable bonds is 4. The van der Waals surface area contributed by atoms with E-state index >= 15 is 0 Å². The fraction of sp³-hybridized carbons (Fsp3) is 0.350. The van der Waals surface area contributed by atoms with Crippen LogP contribution in [0.5, 0.6) is 0 Å². The molecule has 1 saturated heterocycles. The number of aliphatic imine (C=N–C) groups is 1. The molecule has 1 N–H and O–H groups in total. The smallest absolute Gasteiger partial charge is 0.264 e. The van der Waals surface area contributed by atoms with E-state index in [4.69, 9.17) is 23.2 Å². The van der Waals surface area contributed by atoms with Crippen LogP contribution in [0.4, 0.5) is 0 Å². The average molecular weight is 435 g/mol. The van der Waals surface area contributed by atoms with Gasteiger partial charge in [-0.2, -0.15) is 5.10 Å². The topological polar surface area (TPSA) is 59.3 Å². The van der Waals surface area contributed by atoms with Gasteiger partial charge < -0.3 is 5.32 Å². The molecular formula is C20H20Cl2N4OS. The Bertz CT molecular complexity index is 977. The van der Waals surface area contributed by atoms with E-state index in [2.05, 4.69) is 15.4 Å². The van der Waals surface area contributed by atoms with Gasteiger partial charge in [0.05, 0.1) is 23.2 Å². The number of carbonyl (C=O) groups is 1. The van der Waals surface area contributed by atoms with E-state index in [1.54, 1.807) is 10.8 Å². The van der Waals surface area contributed by atoms with Crippen molar-refractivity contribution in [2.45, 2.75) is 45.2 Å². The van der Waals surface area contributed by atoms with Gasteiger partial charge in [0.2, 0.25) is 0 Å². The first-order chi connectivity index (χ1) is 13.5. The number of amides is 1. The van der Waals surface area contributed by atoms with Crippen LogP contribution in [-0.2, 0) is 11.3 Å². The van der Waals surface area contributed by atoms with Crippen LogP contribution in [0.1, 0.15) is 42.5 Å². The van der Waals surface area contributed by atoms with Crippen molar-refractivity contribution >= 4 is 52.1 Å². The minimum atomic E-state index is -0.143. The fourth-order valence-electron chi connectivity index (χ4n) is 3.44. The number of hydrogen-bond donors (Lipinski definition) is 1. The number of aryl methyl sites for hydroxylation is 1. The van der Waals surface area contributed by atoms with Crippen LogP contribution in [0.15, 0.2) is 34.2 Å². The number of nitrogens with zero attached hydrogens (tertiary/aromatic N) is 3. The second-order valence-electron chi connectivity index (χ2n) is 6.98. The van der Waals surface area contributed by atoms with Gasteiger partial charge in [0, 0.05) is 10.6 Å². The highest BCUT2D eigenvalue weighted by Gasteiger charge is 2.27. The lowest BCUT2D eigenvalue weighted by molar-refractivity contribution is -0.115. The molecule has 0 atom stereocenters. The predicted octanol–water partition coefficient (Wildman–Crippen LogP) is 5.05. The lowest BCUT2D eigenvalue weighted by Gasteiger charge is -2.05. The van der Waals surface area contributed by atoms with Crippen molar-refractivity contribution in [1.82, 2.24) is 15.1 Å². The number of nitrogens with one attached hydrogen (secondary N) is 1. The summed E-state index contributed by atoms with van der Waals surface area (Å²) in [4.78, 5) is 17.6. The molecule has 8 heteroatoms. The van der Waals surface area contributed by atoms with E-state index in [9.17, 15) is 4.79 Å². The van der Waals surface area contributed by atoms with E-state index in [1.165, 1.54) is 24.6 Å². The molecule has 2 aliphatic rings. The molecule has 0 radical (unpaired) electrons. The third-order valence-electron chi connectivity index (χ3n) is 4.94. The fourth-order valence-corrected chi connectivity index (χ4v) is 4.80. The number of halogens is 2. The van der Waals surface area contributed by atoms with Crippen molar-refractivity contribution in [2.75, 3.05) is 0 Å². The third kappa shape index (κ3) is 4.14. The molecule has 1 aromatic carbocycles. The maximum absolute atomic E-state index is 12.4. The van der Waals surface area contributed by atoms with Crippen molar-refractivity contribution in [1.29, 1.82) is 0 Å². The zero-order valence-corrected chi connectivity index (χ0v) is 17.7. The Morgan fingerprint density at radius 3 is 2.82 bits per heavy atom. The first-order valence-electron chi connectivity index (χ1n) is 9.26. The maximum atomic E-state index is 12.4. The number of benzene rings is 1. The molecule has 1 aliphatic carbocycles. The van der Waals surface area contributed by atoms with Gasteiger partial charge in [-0.1, -0.05) is 54.2 Å². The Kier molecular flexibility index (Phi) is 5.80. The largest absolute Gasteiger partial charge is 0.301 e. The second-order valence-corrected chi connectivity index (χ2v) is 8.77. The summed E-state index contributed by atoms with van der Waals surface area (Å²) in [5.74, 6) is -0.143. The number of aromatic nitrogens is 2. The van der Waals surface area contributed by atoms with Crippen LogP contribution in [-0.4, -0.2) is 26.9 Å². The van der Waals surface area contributed by atoms with Gasteiger partial charge in [-0.05, 0) is 49.2 Å². The van der Waals surface area contributed by atoms with E-state index < -0.39 is 0 Å². The predicted molar refractivity (Wildman–Crippen MR) is 116 cm³/mol. The number of thioether (sulfide) groups is 1. The number of amidine groups is 1. The maximum Gasteiger partial charge on any atom is 0.264 e. The lowest BCUT2D eigenvalue weighted by Crippen LogP contribution is -2.21. The van der Waals surface area contributed by atoms with Gasteiger partial charge in [0.15, 0.2) is 5.17 Å². The van der Waals surface area contributed by atoms with Crippen LogP contribution in [0.25, 0.3) is 6.08 Å².